The summed E-state index contributed by atoms with van der Waals surface area (Å²) < 4.78 is 0. The Morgan fingerprint density at radius 2 is 2.00 bits per heavy atom. The molecule has 2 N–H and O–H groups in total. The zero-order valence-corrected chi connectivity index (χ0v) is 17.1. The second-order valence-electron chi connectivity index (χ2n) is 7.16. The summed E-state index contributed by atoms with van der Waals surface area (Å²) in [4.78, 5) is 30.7. The van der Waals surface area contributed by atoms with Gasteiger partial charge in [0.05, 0.1) is 12.1 Å². The molecule has 0 fully saturated rings. The highest BCUT2D eigenvalue weighted by Crippen LogP contribution is 2.32. The minimum atomic E-state index is -0.172. The van der Waals surface area contributed by atoms with Crippen molar-refractivity contribution in [2.45, 2.75) is 31.7 Å². The number of urea groups is 1. The van der Waals surface area contributed by atoms with Gasteiger partial charge in [0.15, 0.2) is 0 Å². The van der Waals surface area contributed by atoms with Crippen LogP contribution in [0.15, 0.2) is 47.6 Å². The van der Waals surface area contributed by atoms with Crippen LogP contribution in [0.5, 0.6) is 0 Å². The van der Waals surface area contributed by atoms with E-state index in [1.807, 2.05) is 36.4 Å². The number of hydrogen-bond acceptors (Lipinski definition) is 4. The maximum atomic E-state index is 12.7. The van der Waals surface area contributed by atoms with Crippen LogP contribution in [-0.2, 0) is 11.2 Å². The molecule has 0 atom stereocenters. The summed E-state index contributed by atoms with van der Waals surface area (Å²) in [5.74, 6) is 1.42. The fourth-order valence-corrected chi connectivity index (χ4v) is 3.84. The third kappa shape index (κ3) is 5.48. The molecular formula is C21H26N4O2S. The lowest BCUT2D eigenvalue weighted by Gasteiger charge is -2.28. The molecule has 3 amide bonds. The Kier molecular flexibility index (Phi) is 6.92. The van der Waals surface area contributed by atoms with E-state index in [2.05, 4.69) is 29.5 Å². The van der Waals surface area contributed by atoms with Gasteiger partial charge >= 0.3 is 6.03 Å². The normalized spacial score (nSPS) is 13.2. The summed E-state index contributed by atoms with van der Waals surface area (Å²) in [6, 6.07) is 11.0. The zero-order valence-electron chi connectivity index (χ0n) is 16.3. The van der Waals surface area contributed by atoms with Crippen LogP contribution < -0.4 is 15.5 Å². The summed E-state index contributed by atoms with van der Waals surface area (Å²) in [6.07, 6.45) is 3.06. The number of nitrogens with zero attached hydrogens (tertiary/aromatic N) is 2. The summed E-state index contributed by atoms with van der Waals surface area (Å²) in [7, 11) is 0. The highest BCUT2D eigenvalue weighted by atomic mass is 32.2. The second-order valence-corrected chi connectivity index (χ2v) is 8.25. The summed E-state index contributed by atoms with van der Waals surface area (Å²) >= 11 is 1.66. The third-order valence-electron chi connectivity index (χ3n) is 4.45. The smallest absolute Gasteiger partial charge is 0.326 e. The summed E-state index contributed by atoms with van der Waals surface area (Å²) in [6.45, 7) is 5.62. The topological polar surface area (TPSA) is 74.3 Å². The van der Waals surface area contributed by atoms with Crippen LogP contribution >= 0.6 is 11.8 Å². The fraction of sp³-hybridized carbons (Fsp3) is 0.381. The van der Waals surface area contributed by atoms with Crippen molar-refractivity contribution < 1.29 is 9.59 Å². The number of carbonyl (C=O) groups excluding carboxylic acids is 2. The third-order valence-corrected chi connectivity index (χ3v) is 5.43. The lowest BCUT2D eigenvalue weighted by atomic mass is 10.1. The predicted octanol–water partition coefficient (Wildman–Crippen LogP) is 3.93. The molecule has 1 aromatic carbocycles. The van der Waals surface area contributed by atoms with E-state index < -0.39 is 0 Å². The molecule has 6 nitrogen and oxygen atoms in total. The number of rotatable bonds is 6. The van der Waals surface area contributed by atoms with E-state index in [9.17, 15) is 9.59 Å². The highest BCUT2D eigenvalue weighted by molar-refractivity contribution is 7.99. The van der Waals surface area contributed by atoms with Crippen LogP contribution in [0.25, 0.3) is 0 Å². The highest BCUT2D eigenvalue weighted by Gasteiger charge is 2.23. The zero-order chi connectivity index (χ0) is 19.9. The molecule has 7 heteroatoms. The van der Waals surface area contributed by atoms with E-state index in [0.717, 1.165) is 28.5 Å². The van der Waals surface area contributed by atoms with Crippen LogP contribution in [0.1, 0.15) is 25.8 Å². The number of amides is 3. The predicted molar refractivity (Wildman–Crippen MR) is 114 cm³/mol. The van der Waals surface area contributed by atoms with Gasteiger partial charge in [0.25, 0.3) is 0 Å². The number of carbonyl (C=O) groups is 2. The van der Waals surface area contributed by atoms with E-state index in [4.69, 9.17) is 0 Å². The Bertz CT molecular complexity index is 823. The van der Waals surface area contributed by atoms with Gasteiger partial charge < -0.3 is 10.6 Å². The van der Waals surface area contributed by atoms with Crippen molar-refractivity contribution in [2.75, 3.05) is 29.1 Å². The standard InChI is InChI=1S/C21H26N4O2S/c1-15(2)9-11-22-19(26)14-16-5-7-17(8-6-16)24-21(27)25-12-13-28-20-18(25)4-3-10-23-20/h3-8,10,15H,9,11-14H2,1-2H3,(H,22,26)(H,24,27). The van der Waals surface area contributed by atoms with Gasteiger partial charge in [-0.2, -0.15) is 0 Å². The number of hydrogen-bond donors (Lipinski definition) is 2. The van der Waals surface area contributed by atoms with E-state index in [1.54, 1.807) is 22.9 Å². The summed E-state index contributed by atoms with van der Waals surface area (Å²) in [5.41, 5.74) is 2.47. The lowest BCUT2D eigenvalue weighted by molar-refractivity contribution is -0.120. The average molecular weight is 399 g/mol. The van der Waals surface area contributed by atoms with Gasteiger partial charge in [0.1, 0.15) is 5.03 Å². The largest absolute Gasteiger partial charge is 0.356 e. The Labute approximate surface area is 170 Å². The number of anilines is 2. The monoisotopic (exact) mass is 398 g/mol. The van der Waals surface area contributed by atoms with Crippen molar-refractivity contribution in [3.05, 3.63) is 48.2 Å². The molecule has 0 unspecified atom stereocenters. The van der Waals surface area contributed by atoms with Gasteiger partial charge in [-0.05, 0) is 42.2 Å². The lowest BCUT2D eigenvalue weighted by Crippen LogP contribution is -2.38. The number of thioether (sulfide) groups is 1. The molecule has 1 aliphatic rings. The molecule has 0 bridgehead atoms. The second kappa shape index (κ2) is 9.59. The number of benzene rings is 1. The van der Waals surface area contributed by atoms with Gasteiger partial charge in [0.2, 0.25) is 5.91 Å². The number of pyridine rings is 1. The Morgan fingerprint density at radius 3 is 2.75 bits per heavy atom. The van der Waals surface area contributed by atoms with Gasteiger partial charge in [-0.15, -0.1) is 11.8 Å². The van der Waals surface area contributed by atoms with Crippen LogP contribution in [0.2, 0.25) is 0 Å². The van der Waals surface area contributed by atoms with Crippen LogP contribution in [0.3, 0.4) is 0 Å². The molecule has 3 rings (SSSR count). The Balaban J connectivity index is 1.55. The van der Waals surface area contributed by atoms with Gasteiger partial charge in [-0.3, -0.25) is 9.69 Å². The first-order chi connectivity index (χ1) is 13.5. The fourth-order valence-electron chi connectivity index (χ4n) is 2.91. The molecule has 0 saturated carbocycles. The van der Waals surface area contributed by atoms with Crippen LogP contribution in [0.4, 0.5) is 16.2 Å². The van der Waals surface area contributed by atoms with Crippen molar-refractivity contribution in [3.8, 4) is 0 Å². The van der Waals surface area contributed by atoms with E-state index >= 15 is 0 Å². The first-order valence-electron chi connectivity index (χ1n) is 9.55. The first kappa shape index (κ1) is 20.2. The molecule has 0 spiro atoms. The van der Waals surface area contributed by atoms with E-state index in [1.165, 1.54) is 0 Å². The van der Waals surface area contributed by atoms with Crippen molar-refractivity contribution in [2.24, 2.45) is 5.92 Å². The molecule has 28 heavy (non-hydrogen) atoms. The van der Waals surface area contributed by atoms with Crippen molar-refractivity contribution in [1.29, 1.82) is 0 Å². The van der Waals surface area contributed by atoms with Crippen molar-refractivity contribution >= 4 is 35.1 Å². The molecule has 1 aromatic heterocycles. The minimum Gasteiger partial charge on any atom is -0.356 e. The average Bonchev–Trinajstić information content (AvgIpc) is 2.68. The Hall–Kier alpha value is -2.54. The molecule has 2 heterocycles. The van der Waals surface area contributed by atoms with E-state index in [0.29, 0.717) is 31.1 Å². The SMILES string of the molecule is CC(C)CCNC(=O)Cc1ccc(NC(=O)N2CCSc3ncccc32)cc1. The van der Waals surface area contributed by atoms with Gasteiger partial charge in [-0.25, -0.2) is 9.78 Å². The molecule has 0 saturated heterocycles. The Morgan fingerprint density at radius 1 is 1.21 bits per heavy atom. The molecule has 0 aliphatic carbocycles. The number of fused-ring (bicyclic) bond motifs is 1. The molecule has 2 aromatic rings. The van der Waals surface area contributed by atoms with Gasteiger partial charge in [-0.1, -0.05) is 26.0 Å². The van der Waals surface area contributed by atoms with Gasteiger partial charge in [0, 0.05) is 30.7 Å². The van der Waals surface area contributed by atoms with Crippen molar-refractivity contribution in [1.82, 2.24) is 10.3 Å². The molecule has 1 aliphatic heterocycles. The minimum absolute atomic E-state index is 0.0207. The van der Waals surface area contributed by atoms with Crippen LogP contribution in [-0.4, -0.2) is 35.8 Å². The quantitative estimate of drug-likeness (QED) is 0.773. The number of nitrogens with one attached hydrogen (secondary N) is 2. The molecular weight excluding hydrogens is 372 g/mol. The molecule has 148 valence electrons. The maximum Gasteiger partial charge on any atom is 0.326 e. The van der Waals surface area contributed by atoms with Crippen molar-refractivity contribution in [3.63, 3.8) is 0 Å². The van der Waals surface area contributed by atoms with E-state index in [-0.39, 0.29) is 11.9 Å². The summed E-state index contributed by atoms with van der Waals surface area (Å²) in [5, 5.41) is 6.75. The first-order valence-corrected chi connectivity index (χ1v) is 10.5. The molecule has 0 radical (unpaired) electrons. The number of aromatic nitrogens is 1. The maximum absolute atomic E-state index is 12.7. The van der Waals surface area contributed by atoms with Crippen LogP contribution in [0, 0.1) is 5.92 Å².